The van der Waals surface area contributed by atoms with E-state index in [9.17, 15) is 13.0 Å². The van der Waals surface area contributed by atoms with Gasteiger partial charge in [-0.2, -0.15) is 0 Å². The monoisotopic (exact) mass is 294 g/mol. The molecule has 1 atom stereocenters. The molecule has 0 aliphatic rings. The highest BCUT2D eigenvalue weighted by atomic mass is 32.2. The fraction of sp³-hybridized carbons (Fsp3) is 0.357. The topological polar surface area (TPSA) is 66.0 Å². The van der Waals surface area contributed by atoms with Crippen LogP contribution in [0.4, 0.5) is 0 Å². The second kappa shape index (κ2) is 5.76. The van der Waals surface area contributed by atoms with E-state index in [4.69, 9.17) is 0 Å². The molecule has 0 amide bonds. The maximum atomic E-state index is 11.2. The van der Waals surface area contributed by atoms with Gasteiger partial charge in [0.2, 0.25) is 6.33 Å². The average molecular weight is 294 g/mol. The van der Waals surface area contributed by atoms with E-state index in [1.165, 1.54) is 6.07 Å². The van der Waals surface area contributed by atoms with Gasteiger partial charge in [0.05, 0.1) is 10.9 Å². The number of nitrogens with zero attached hydrogens (tertiary/aromatic N) is 2. The molecule has 5 nitrogen and oxygen atoms in total. The van der Waals surface area contributed by atoms with E-state index >= 15 is 0 Å². The molecule has 1 unspecified atom stereocenters. The summed E-state index contributed by atoms with van der Waals surface area (Å²) >= 11 is 0. The summed E-state index contributed by atoms with van der Waals surface area (Å²) in [6.07, 6.45) is 6.76. The maximum Gasteiger partial charge on any atom is 0.244 e. The predicted octanol–water partition coefficient (Wildman–Crippen LogP) is 1.70. The van der Waals surface area contributed by atoms with Crippen molar-refractivity contribution >= 4 is 10.1 Å². The van der Waals surface area contributed by atoms with E-state index < -0.39 is 10.1 Å². The zero-order valence-electron chi connectivity index (χ0n) is 11.6. The summed E-state index contributed by atoms with van der Waals surface area (Å²) in [5.41, 5.74) is 0.509. The lowest BCUT2D eigenvalue weighted by Crippen LogP contribution is -2.32. The summed E-state index contributed by atoms with van der Waals surface area (Å²) < 4.78 is 37.6. The molecule has 20 heavy (non-hydrogen) atoms. The van der Waals surface area contributed by atoms with Gasteiger partial charge in [-0.15, -0.1) is 0 Å². The lowest BCUT2D eigenvalue weighted by Gasteiger charge is -2.11. The smallest absolute Gasteiger partial charge is 0.244 e. The number of hydrogen-bond acceptors (Lipinski definition) is 3. The first-order chi connectivity index (χ1) is 9.41. The van der Waals surface area contributed by atoms with Crippen molar-refractivity contribution in [3.05, 3.63) is 48.5 Å². The van der Waals surface area contributed by atoms with Crippen LogP contribution in [0, 0.1) is 0 Å². The van der Waals surface area contributed by atoms with E-state index in [1.807, 2.05) is 23.3 Å². The van der Waals surface area contributed by atoms with Crippen molar-refractivity contribution < 1.29 is 17.5 Å². The SMILES string of the molecule is CCC(C)n1cc[n+](Cc2ccccc2S(=O)(=O)[O-])c1. The number of imidazole rings is 1. The average Bonchev–Trinajstić information content (AvgIpc) is 2.86. The Morgan fingerprint density at radius 2 is 2.05 bits per heavy atom. The Bertz CT molecular complexity index is 692. The fourth-order valence-corrected chi connectivity index (χ4v) is 2.75. The summed E-state index contributed by atoms with van der Waals surface area (Å²) in [7, 11) is -4.44. The Labute approximate surface area is 119 Å². The molecule has 1 heterocycles. The summed E-state index contributed by atoms with van der Waals surface area (Å²) in [6.45, 7) is 4.58. The van der Waals surface area contributed by atoms with Crippen molar-refractivity contribution in [2.75, 3.05) is 0 Å². The molecular weight excluding hydrogens is 276 g/mol. The zero-order valence-corrected chi connectivity index (χ0v) is 12.4. The third kappa shape index (κ3) is 3.26. The molecule has 2 aromatic rings. The van der Waals surface area contributed by atoms with E-state index in [0.717, 1.165) is 6.42 Å². The molecule has 6 heteroatoms. The number of rotatable bonds is 5. The van der Waals surface area contributed by atoms with E-state index in [2.05, 4.69) is 18.4 Å². The van der Waals surface area contributed by atoms with Crippen LogP contribution in [-0.4, -0.2) is 17.5 Å². The van der Waals surface area contributed by atoms with Crippen molar-refractivity contribution in [1.29, 1.82) is 0 Å². The molecule has 0 aliphatic heterocycles. The lowest BCUT2D eigenvalue weighted by molar-refractivity contribution is -0.688. The fourth-order valence-electron chi connectivity index (χ4n) is 2.05. The van der Waals surface area contributed by atoms with Crippen LogP contribution in [-0.2, 0) is 16.7 Å². The first-order valence-electron chi connectivity index (χ1n) is 6.52. The Kier molecular flexibility index (Phi) is 4.25. The van der Waals surface area contributed by atoms with Gasteiger partial charge in [0.25, 0.3) is 0 Å². The maximum absolute atomic E-state index is 11.2. The zero-order chi connectivity index (χ0) is 14.8. The van der Waals surface area contributed by atoms with Crippen LogP contribution in [0.3, 0.4) is 0 Å². The third-order valence-electron chi connectivity index (χ3n) is 3.41. The minimum absolute atomic E-state index is 0.149. The van der Waals surface area contributed by atoms with Crippen molar-refractivity contribution in [3.63, 3.8) is 0 Å². The molecule has 0 bridgehead atoms. The number of aromatic nitrogens is 2. The summed E-state index contributed by atoms with van der Waals surface area (Å²) in [5, 5.41) is 0. The molecule has 0 saturated carbocycles. The second-order valence-electron chi connectivity index (χ2n) is 4.85. The molecule has 0 spiro atoms. The molecule has 0 saturated heterocycles. The quantitative estimate of drug-likeness (QED) is 0.622. The number of hydrogen-bond donors (Lipinski definition) is 0. The van der Waals surface area contributed by atoms with Crippen LogP contribution in [0.2, 0.25) is 0 Å². The Balaban J connectivity index is 2.29. The first-order valence-corrected chi connectivity index (χ1v) is 7.93. The van der Waals surface area contributed by atoms with E-state index in [1.54, 1.807) is 18.2 Å². The second-order valence-corrected chi connectivity index (χ2v) is 6.20. The van der Waals surface area contributed by atoms with Gasteiger partial charge < -0.3 is 4.55 Å². The van der Waals surface area contributed by atoms with Gasteiger partial charge in [-0.05, 0) is 19.4 Å². The van der Waals surface area contributed by atoms with Gasteiger partial charge in [0.1, 0.15) is 29.1 Å². The van der Waals surface area contributed by atoms with Gasteiger partial charge in [-0.25, -0.2) is 17.6 Å². The van der Waals surface area contributed by atoms with Crippen LogP contribution in [0.5, 0.6) is 0 Å². The van der Waals surface area contributed by atoms with Crippen LogP contribution >= 0.6 is 0 Å². The molecule has 0 fully saturated rings. The van der Waals surface area contributed by atoms with Crippen molar-refractivity contribution in [2.45, 2.75) is 37.8 Å². The van der Waals surface area contributed by atoms with Gasteiger partial charge in [-0.3, -0.25) is 0 Å². The Morgan fingerprint density at radius 3 is 2.70 bits per heavy atom. The van der Waals surface area contributed by atoms with Gasteiger partial charge >= 0.3 is 0 Å². The largest absolute Gasteiger partial charge is 0.744 e. The highest BCUT2D eigenvalue weighted by Crippen LogP contribution is 2.15. The molecule has 1 aromatic heterocycles. The van der Waals surface area contributed by atoms with Crippen LogP contribution in [0.1, 0.15) is 31.9 Å². The van der Waals surface area contributed by atoms with E-state index in [0.29, 0.717) is 18.2 Å². The van der Waals surface area contributed by atoms with Gasteiger partial charge in [-0.1, -0.05) is 25.1 Å². The normalized spacial score (nSPS) is 13.3. The molecule has 0 N–H and O–H groups in total. The highest BCUT2D eigenvalue weighted by Gasteiger charge is 2.13. The molecule has 108 valence electrons. The number of benzene rings is 1. The minimum atomic E-state index is -4.44. The van der Waals surface area contributed by atoms with Gasteiger partial charge in [0, 0.05) is 5.56 Å². The van der Waals surface area contributed by atoms with E-state index in [-0.39, 0.29) is 4.90 Å². The molecule has 0 radical (unpaired) electrons. The van der Waals surface area contributed by atoms with Gasteiger partial charge in [0.15, 0.2) is 0 Å². The summed E-state index contributed by atoms with van der Waals surface area (Å²) in [6, 6.07) is 6.69. The van der Waals surface area contributed by atoms with Crippen molar-refractivity contribution in [2.24, 2.45) is 0 Å². The Hall–Kier alpha value is -1.66. The standard InChI is InChI=1S/C14H18N2O3S/c1-3-12(2)16-9-8-15(11-16)10-13-6-4-5-7-14(13)20(17,18)19/h4-9,11-12H,3,10H2,1-2H3. The van der Waals surface area contributed by atoms with Crippen molar-refractivity contribution in [3.8, 4) is 0 Å². The van der Waals surface area contributed by atoms with Crippen LogP contribution in [0.15, 0.2) is 47.9 Å². The molecule has 1 aromatic carbocycles. The molecule has 2 rings (SSSR count). The van der Waals surface area contributed by atoms with Crippen LogP contribution < -0.4 is 4.57 Å². The summed E-state index contributed by atoms with van der Waals surface area (Å²) in [4.78, 5) is -0.149. The Morgan fingerprint density at radius 1 is 1.35 bits per heavy atom. The first kappa shape index (κ1) is 14.7. The van der Waals surface area contributed by atoms with Crippen LogP contribution in [0.25, 0.3) is 0 Å². The third-order valence-corrected chi connectivity index (χ3v) is 4.34. The molecule has 0 aliphatic carbocycles. The van der Waals surface area contributed by atoms with Crippen molar-refractivity contribution in [1.82, 2.24) is 4.57 Å². The lowest BCUT2D eigenvalue weighted by atomic mass is 10.2. The minimum Gasteiger partial charge on any atom is -0.744 e. The highest BCUT2D eigenvalue weighted by molar-refractivity contribution is 7.85. The predicted molar refractivity (Wildman–Crippen MR) is 73.1 cm³/mol. The summed E-state index contributed by atoms with van der Waals surface area (Å²) in [5.74, 6) is 0. The molecular formula is C14H18N2O3S.